The molecule has 8 nitrogen and oxygen atoms in total. The summed E-state index contributed by atoms with van der Waals surface area (Å²) in [6.45, 7) is 3.72. The molecule has 2 aromatic heterocycles. The maximum Gasteiger partial charge on any atom is 0.292 e. The van der Waals surface area contributed by atoms with Crippen LogP contribution in [0.5, 0.6) is 11.5 Å². The average Bonchev–Trinajstić information content (AvgIpc) is 3.07. The van der Waals surface area contributed by atoms with Crippen LogP contribution in [0.25, 0.3) is 5.52 Å². The van der Waals surface area contributed by atoms with Crippen LogP contribution < -0.4 is 20.1 Å². The molecule has 3 aromatic rings. The van der Waals surface area contributed by atoms with E-state index in [0.717, 1.165) is 0 Å². The number of hydrogen-bond acceptors (Lipinski definition) is 5. The van der Waals surface area contributed by atoms with Crippen LogP contribution in [-0.4, -0.2) is 41.5 Å². The number of nitrogens with one attached hydrogen (secondary N) is 2. The van der Waals surface area contributed by atoms with Crippen LogP contribution in [0.4, 0.5) is 5.69 Å². The fraction of sp³-hybridized carbons (Fsp3) is 0.250. The molecule has 0 aliphatic rings. The molecule has 146 valence electrons. The van der Waals surface area contributed by atoms with E-state index in [-0.39, 0.29) is 23.5 Å². The summed E-state index contributed by atoms with van der Waals surface area (Å²) in [7, 11) is 3.05. The molecule has 0 radical (unpaired) electrons. The zero-order chi connectivity index (χ0) is 20.3. The molecule has 28 heavy (non-hydrogen) atoms. The summed E-state index contributed by atoms with van der Waals surface area (Å²) in [4.78, 5) is 29.7. The van der Waals surface area contributed by atoms with Crippen molar-refractivity contribution in [3.05, 3.63) is 54.1 Å². The van der Waals surface area contributed by atoms with Crippen molar-refractivity contribution in [1.82, 2.24) is 14.7 Å². The Labute approximate surface area is 162 Å². The minimum Gasteiger partial charge on any atom is -0.497 e. The largest absolute Gasteiger partial charge is 0.497 e. The van der Waals surface area contributed by atoms with Gasteiger partial charge in [0.25, 0.3) is 11.8 Å². The summed E-state index contributed by atoms with van der Waals surface area (Å²) in [6, 6.07) is 10.3. The number of fused-ring (bicyclic) bond motifs is 1. The van der Waals surface area contributed by atoms with Crippen LogP contribution in [0.3, 0.4) is 0 Å². The van der Waals surface area contributed by atoms with Crippen molar-refractivity contribution < 1.29 is 19.1 Å². The zero-order valence-corrected chi connectivity index (χ0v) is 16.1. The Hall–Kier alpha value is -3.55. The lowest BCUT2D eigenvalue weighted by molar-refractivity contribution is 0.0940. The lowest BCUT2D eigenvalue weighted by Crippen LogP contribution is -2.30. The van der Waals surface area contributed by atoms with Crippen molar-refractivity contribution in [2.45, 2.75) is 19.9 Å². The molecule has 2 N–H and O–H groups in total. The monoisotopic (exact) mass is 382 g/mol. The standard InChI is InChI=1S/C20H22N4O4/c1-12(2)21-19(25)17-15-7-5-6-10-24(15)18(23-17)20(26)22-14-9-8-13(27-3)11-16(14)28-4/h5-12H,1-4H3,(H,21,25)(H,22,26). The minimum absolute atomic E-state index is 0.0474. The van der Waals surface area contributed by atoms with E-state index >= 15 is 0 Å². The van der Waals surface area contributed by atoms with E-state index in [4.69, 9.17) is 9.47 Å². The topological polar surface area (TPSA) is 94.0 Å². The van der Waals surface area contributed by atoms with Gasteiger partial charge in [-0.3, -0.25) is 14.0 Å². The third kappa shape index (κ3) is 3.75. The first kappa shape index (κ1) is 19.2. The summed E-state index contributed by atoms with van der Waals surface area (Å²) in [5.74, 6) is 0.357. The molecule has 8 heteroatoms. The molecular weight excluding hydrogens is 360 g/mol. The molecule has 0 spiro atoms. The molecular formula is C20H22N4O4. The highest BCUT2D eigenvalue weighted by Crippen LogP contribution is 2.29. The number of benzene rings is 1. The Bertz CT molecular complexity index is 1030. The van der Waals surface area contributed by atoms with Crippen molar-refractivity contribution in [2.75, 3.05) is 19.5 Å². The molecule has 0 aliphatic heterocycles. The third-order valence-electron chi connectivity index (χ3n) is 4.04. The number of nitrogens with zero attached hydrogens (tertiary/aromatic N) is 2. The van der Waals surface area contributed by atoms with Crippen molar-refractivity contribution >= 4 is 23.0 Å². The van der Waals surface area contributed by atoms with Gasteiger partial charge >= 0.3 is 0 Å². The van der Waals surface area contributed by atoms with Crippen molar-refractivity contribution in [3.8, 4) is 11.5 Å². The van der Waals surface area contributed by atoms with E-state index in [0.29, 0.717) is 22.7 Å². The van der Waals surface area contributed by atoms with Gasteiger partial charge in [-0.1, -0.05) is 6.07 Å². The van der Waals surface area contributed by atoms with Gasteiger partial charge in [0.1, 0.15) is 11.5 Å². The highest BCUT2D eigenvalue weighted by atomic mass is 16.5. The third-order valence-corrected chi connectivity index (χ3v) is 4.04. The number of ether oxygens (including phenoxy) is 2. The predicted octanol–water partition coefficient (Wildman–Crippen LogP) is 2.74. The molecule has 2 amide bonds. The number of imidazole rings is 1. The van der Waals surface area contributed by atoms with Gasteiger partial charge in [-0.05, 0) is 38.1 Å². The number of aromatic nitrogens is 2. The van der Waals surface area contributed by atoms with Gasteiger partial charge in [-0.15, -0.1) is 0 Å². The van der Waals surface area contributed by atoms with E-state index in [2.05, 4.69) is 15.6 Å². The highest BCUT2D eigenvalue weighted by Gasteiger charge is 2.22. The maximum absolute atomic E-state index is 12.9. The molecule has 0 bridgehead atoms. The van der Waals surface area contributed by atoms with E-state index in [9.17, 15) is 9.59 Å². The molecule has 0 unspecified atom stereocenters. The fourth-order valence-electron chi connectivity index (χ4n) is 2.78. The number of pyridine rings is 1. The summed E-state index contributed by atoms with van der Waals surface area (Å²) >= 11 is 0. The zero-order valence-electron chi connectivity index (χ0n) is 16.1. The Morgan fingerprint density at radius 1 is 1.07 bits per heavy atom. The van der Waals surface area contributed by atoms with Crippen LogP contribution in [0.15, 0.2) is 42.6 Å². The van der Waals surface area contributed by atoms with Crippen LogP contribution in [0.1, 0.15) is 35.0 Å². The number of hydrogen-bond donors (Lipinski definition) is 2. The SMILES string of the molecule is COc1ccc(NC(=O)c2nc(C(=O)NC(C)C)c3ccccn23)c(OC)c1. The Morgan fingerprint density at radius 2 is 1.86 bits per heavy atom. The average molecular weight is 382 g/mol. The van der Waals surface area contributed by atoms with Crippen molar-refractivity contribution in [2.24, 2.45) is 0 Å². The van der Waals surface area contributed by atoms with Gasteiger partial charge in [-0.2, -0.15) is 0 Å². The first-order chi connectivity index (χ1) is 13.4. The van der Waals surface area contributed by atoms with E-state index < -0.39 is 5.91 Å². The molecule has 3 rings (SSSR count). The van der Waals surface area contributed by atoms with Gasteiger partial charge in [0, 0.05) is 18.3 Å². The summed E-state index contributed by atoms with van der Waals surface area (Å²) in [6.07, 6.45) is 1.69. The molecule has 0 aliphatic carbocycles. The van der Waals surface area contributed by atoms with Gasteiger partial charge < -0.3 is 20.1 Å². The number of carbonyl (C=O) groups excluding carboxylic acids is 2. The first-order valence-corrected chi connectivity index (χ1v) is 8.76. The second-order valence-corrected chi connectivity index (χ2v) is 6.39. The van der Waals surface area contributed by atoms with Crippen molar-refractivity contribution in [3.63, 3.8) is 0 Å². The van der Waals surface area contributed by atoms with Crippen LogP contribution >= 0.6 is 0 Å². The quantitative estimate of drug-likeness (QED) is 0.684. The van der Waals surface area contributed by atoms with E-state index in [1.54, 1.807) is 54.1 Å². The summed E-state index contributed by atoms with van der Waals surface area (Å²) in [5.41, 5.74) is 1.21. The molecule has 1 aromatic carbocycles. The second-order valence-electron chi connectivity index (χ2n) is 6.39. The normalized spacial score (nSPS) is 10.8. The van der Waals surface area contributed by atoms with E-state index in [1.165, 1.54) is 7.11 Å². The molecule has 2 heterocycles. The molecule has 0 atom stereocenters. The van der Waals surface area contributed by atoms with Gasteiger partial charge in [-0.25, -0.2) is 4.98 Å². The number of carbonyl (C=O) groups is 2. The molecule has 0 fully saturated rings. The predicted molar refractivity (Wildman–Crippen MR) is 105 cm³/mol. The second kappa shape index (κ2) is 7.99. The lowest BCUT2D eigenvalue weighted by atomic mass is 10.2. The highest BCUT2D eigenvalue weighted by molar-refractivity contribution is 6.06. The number of rotatable bonds is 6. The minimum atomic E-state index is -0.465. The Balaban J connectivity index is 1.98. The number of methoxy groups -OCH3 is 2. The fourth-order valence-corrected chi connectivity index (χ4v) is 2.78. The first-order valence-electron chi connectivity index (χ1n) is 8.76. The van der Waals surface area contributed by atoms with Gasteiger partial charge in [0.15, 0.2) is 5.69 Å². The summed E-state index contributed by atoms with van der Waals surface area (Å²) < 4.78 is 12.1. The summed E-state index contributed by atoms with van der Waals surface area (Å²) in [5, 5.41) is 5.58. The van der Waals surface area contributed by atoms with Crippen LogP contribution in [-0.2, 0) is 0 Å². The number of amides is 2. The molecule has 0 saturated heterocycles. The van der Waals surface area contributed by atoms with E-state index in [1.807, 2.05) is 13.8 Å². The van der Waals surface area contributed by atoms with Crippen LogP contribution in [0.2, 0.25) is 0 Å². The molecule has 0 saturated carbocycles. The smallest absolute Gasteiger partial charge is 0.292 e. The number of anilines is 1. The maximum atomic E-state index is 12.9. The Morgan fingerprint density at radius 3 is 2.54 bits per heavy atom. The lowest BCUT2D eigenvalue weighted by Gasteiger charge is -2.11. The van der Waals surface area contributed by atoms with Crippen LogP contribution in [0, 0.1) is 0 Å². The Kier molecular flexibility index (Phi) is 5.49. The van der Waals surface area contributed by atoms with Gasteiger partial charge in [0.2, 0.25) is 5.82 Å². The van der Waals surface area contributed by atoms with Crippen molar-refractivity contribution in [1.29, 1.82) is 0 Å². The van der Waals surface area contributed by atoms with Gasteiger partial charge in [0.05, 0.1) is 25.4 Å².